The lowest BCUT2D eigenvalue weighted by molar-refractivity contribution is -0.125. The van der Waals surface area contributed by atoms with Crippen LogP contribution in [0.4, 0.5) is 0 Å². The van der Waals surface area contributed by atoms with Crippen LogP contribution in [0, 0.1) is 5.92 Å². The predicted molar refractivity (Wildman–Crippen MR) is 84.4 cm³/mol. The van der Waals surface area contributed by atoms with Crippen LogP contribution in [0.2, 0.25) is 0 Å². The van der Waals surface area contributed by atoms with Gasteiger partial charge in [-0.25, -0.2) is 0 Å². The SMILES string of the molecule is CSC1CCCCC1NC(=O)C(C)CCCC(C)N. The first-order valence-electron chi connectivity index (χ1n) is 7.63. The smallest absolute Gasteiger partial charge is 0.223 e. The van der Waals surface area contributed by atoms with Crippen molar-refractivity contribution in [2.45, 2.75) is 76.1 Å². The topological polar surface area (TPSA) is 55.1 Å². The van der Waals surface area contributed by atoms with Crippen LogP contribution in [0.15, 0.2) is 0 Å². The summed E-state index contributed by atoms with van der Waals surface area (Å²) in [5.74, 6) is 0.346. The molecule has 0 saturated heterocycles. The van der Waals surface area contributed by atoms with Gasteiger partial charge in [0, 0.05) is 23.3 Å². The molecule has 1 fully saturated rings. The summed E-state index contributed by atoms with van der Waals surface area (Å²) >= 11 is 1.90. The zero-order valence-electron chi connectivity index (χ0n) is 12.7. The van der Waals surface area contributed by atoms with Crippen molar-refractivity contribution in [2.75, 3.05) is 6.26 Å². The van der Waals surface area contributed by atoms with Crippen molar-refractivity contribution in [3.8, 4) is 0 Å². The maximum Gasteiger partial charge on any atom is 0.223 e. The Balaban J connectivity index is 2.31. The van der Waals surface area contributed by atoms with Crippen LogP contribution in [0.1, 0.15) is 58.8 Å². The second kappa shape index (κ2) is 8.85. The highest BCUT2D eigenvalue weighted by molar-refractivity contribution is 7.99. The second-order valence-corrected chi connectivity index (χ2v) is 7.06. The molecule has 1 aliphatic carbocycles. The summed E-state index contributed by atoms with van der Waals surface area (Å²) in [5, 5.41) is 3.87. The van der Waals surface area contributed by atoms with Crippen LogP contribution >= 0.6 is 11.8 Å². The standard InChI is InChI=1S/C15H30N2OS/c1-11(7-6-8-12(2)16)15(18)17-13-9-4-5-10-14(13)19-3/h11-14H,4-10,16H2,1-3H3,(H,17,18). The lowest BCUT2D eigenvalue weighted by atomic mass is 9.93. The number of amides is 1. The van der Waals surface area contributed by atoms with Gasteiger partial charge in [0.25, 0.3) is 0 Å². The first kappa shape index (κ1) is 16.8. The van der Waals surface area contributed by atoms with Crippen LogP contribution in [0.25, 0.3) is 0 Å². The largest absolute Gasteiger partial charge is 0.352 e. The quantitative estimate of drug-likeness (QED) is 0.756. The maximum absolute atomic E-state index is 12.2. The third-order valence-corrected chi connectivity index (χ3v) is 5.25. The van der Waals surface area contributed by atoms with Crippen molar-refractivity contribution >= 4 is 17.7 Å². The van der Waals surface area contributed by atoms with E-state index in [1.165, 1.54) is 19.3 Å². The molecule has 0 aromatic rings. The van der Waals surface area contributed by atoms with E-state index in [1.807, 2.05) is 25.6 Å². The van der Waals surface area contributed by atoms with Crippen molar-refractivity contribution in [1.82, 2.24) is 5.32 Å². The summed E-state index contributed by atoms with van der Waals surface area (Å²) in [5.41, 5.74) is 5.74. The van der Waals surface area contributed by atoms with Gasteiger partial charge in [-0.3, -0.25) is 4.79 Å². The van der Waals surface area contributed by atoms with Gasteiger partial charge in [-0.1, -0.05) is 26.2 Å². The average Bonchev–Trinajstić information content (AvgIpc) is 2.38. The molecule has 0 aromatic carbocycles. The predicted octanol–water partition coefficient (Wildman–Crippen LogP) is 2.93. The van der Waals surface area contributed by atoms with Crippen LogP contribution in [-0.2, 0) is 4.79 Å². The third-order valence-electron chi connectivity index (χ3n) is 4.08. The molecule has 19 heavy (non-hydrogen) atoms. The molecule has 1 aliphatic rings. The zero-order chi connectivity index (χ0) is 14.3. The summed E-state index contributed by atoms with van der Waals surface area (Å²) in [6, 6.07) is 0.626. The molecule has 1 saturated carbocycles. The monoisotopic (exact) mass is 286 g/mol. The molecule has 1 amide bonds. The molecule has 0 aliphatic heterocycles. The Morgan fingerprint density at radius 1 is 1.32 bits per heavy atom. The molecular weight excluding hydrogens is 256 g/mol. The summed E-state index contributed by atoms with van der Waals surface area (Å²) in [6.07, 6.45) is 10.1. The molecule has 1 rings (SSSR count). The number of carbonyl (C=O) groups is 1. The molecule has 0 heterocycles. The van der Waals surface area contributed by atoms with E-state index in [4.69, 9.17) is 5.73 Å². The number of hydrogen-bond donors (Lipinski definition) is 2. The van der Waals surface area contributed by atoms with Gasteiger partial charge >= 0.3 is 0 Å². The van der Waals surface area contributed by atoms with E-state index in [0.29, 0.717) is 11.3 Å². The van der Waals surface area contributed by atoms with E-state index in [2.05, 4.69) is 11.6 Å². The molecule has 3 nitrogen and oxygen atoms in total. The molecule has 112 valence electrons. The van der Waals surface area contributed by atoms with Crippen molar-refractivity contribution < 1.29 is 4.79 Å². The molecule has 0 aromatic heterocycles. The van der Waals surface area contributed by atoms with Gasteiger partial charge in [0.1, 0.15) is 0 Å². The minimum Gasteiger partial charge on any atom is -0.352 e. The summed E-state index contributed by atoms with van der Waals surface area (Å²) in [7, 11) is 0. The third kappa shape index (κ3) is 6.17. The highest BCUT2D eigenvalue weighted by Gasteiger charge is 2.26. The normalized spacial score (nSPS) is 26.7. The Kier molecular flexibility index (Phi) is 7.84. The van der Waals surface area contributed by atoms with E-state index in [-0.39, 0.29) is 17.9 Å². The molecule has 4 unspecified atom stereocenters. The van der Waals surface area contributed by atoms with E-state index < -0.39 is 0 Å². The number of rotatable bonds is 7. The molecular formula is C15H30N2OS. The molecule has 4 heteroatoms. The Morgan fingerprint density at radius 3 is 2.63 bits per heavy atom. The number of thioether (sulfide) groups is 1. The minimum atomic E-state index is 0.114. The van der Waals surface area contributed by atoms with Gasteiger partial charge in [-0.15, -0.1) is 0 Å². The first-order chi connectivity index (χ1) is 9.04. The molecule has 0 radical (unpaired) electrons. The maximum atomic E-state index is 12.2. The lowest BCUT2D eigenvalue weighted by Gasteiger charge is -2.31. The van der Waals surface area contributed by atoms with Gasteiger partial charge in [0.2, 0.25) is 5.91 Å². The molecule has 3 N–H and O–H groups in total. The van der Waals surface area contributed by atoms with E-state index >= 15 is 0 Å². The van der Waals surface area contributed by atoms with Gasteiger partial charge in [-0.05, 0) is 38.9 Å². The van der Waals surface area contributed by atoms with Gasteiger partial charge in [-0.2, -0.15) is 11.8 Å². The van der Waals surface area contributed by atoms with Gasteiger partial charge < -0.3 is 11.1 Å². The lowest BCUT2D eigenvalue weighted by Crippen LogP contribution is -2.45. The number of carbonyl (C=O) groups excluding carboxylic acids is 1. The molecule has 0 bridgehead atoms. The van der Waals surface area contributed by atoms with E-state index in [1.54, 1.807) is 0 Å². The Labute approximate surface area is 122 Å². The Bertz CT molecular complexity index is 271. The van der Waals surface area contributed by atoms with Gasteiger partial charge in [0.05, 0.1) is 0 Å². The fraction of sp³-hybridized carbons (Fsp3) is 0.933. The van der Waals surface area contributed by atoms with Crippen molar-refractivity contribution in [3.63, 3.8) is 0 Å². The fourth-order valence-corrected chi connectivity index (χ4v) is 3.68. The van der Waals surface area contributed by atoms with Gasteiger partial charge in [0.15, 0.2) is 0 Å². The molecule has 4 atom stereocenters. The number of nitrogens with two attached hydrogens (primary N) is 1. The Morgan fingerprint density at radius 2 is 2.00 bits per heavy atom. The zero-order valence-corrected chi connectivity index (χ0v) is 13.5. The van der Waals surface area contributed by atoms with E-state index in [0.717, 1.165) is 25.7 Å². The van der Waals surface area contributed by atoms with Crippen LogP contribution in [0.5, 0.6) is 0 Å². The number of hydrogen-bond acceptors (Lipinski definition) is 3. The first-order valence-corrected chi connectivity index (χ1v) is 8.92. The second-order valence-electron chi connectivity index (χ2n) is 5.98. The van der Waals surface area contributed by atoms with Crippen molar-refractivity contribution in [1.29, 1.82) is 0 Å². The average molecular weight is 286 g/mol. The highest BCUT2D eigenvalue weighted by atomic mass is 32.2. The Hall–Kier alpha value is -0.220. The van der Waals surface area contributed by atoms with Crippen molar-refractivity contribution in [2.24, 2.45) is 11.7 Å². The fourth-order valence-electron chi connectivity index (χ4n) is 2.75. The van der Waals surface area contributed by atoms with Crippen LogP contribution in [-0.4, -0.2) is 29.5 Å². The van der Waals surface area contributed by atoms with Crippen molar-refractivity contribution in [3.05, 3.63) is 0 Å². The van der Waals surface area contributed by atoms with Crippen LogP contribution < -0.4 is 11.1 Å². The summed E-state index contributed by atoms with van der Waals surface area (Å²) in [4.78, 5) is 12.2. The highest BCUT2D eigenvalue weighted by Crippen LogP contribution is 2.27. The summed E-state index contributed by atoms with van der Waals surface area (Å²) < 4.78 is 0. The number of nitrogens with one attached hydrogen (secondary N) is 1. The van der Waals surface area contributed by atoms with E-state index in [9.17, 15) is 4.79 Å². The minimum absolute atomic E-state index is 0.114. The van der Waals surface area contributed by atoms with Crippen LogP contribution in [0.3, 0.4) is 0 Å². The molecule has 0 spiro atoms. The summed E-state index contributed by atoms with van der Waals surface area (Å²) in [6.45, 7) is 4.06.